The van der Waals surface area contributed by atoms with Crippen LogP contribution in [0.4, 0.5) is 0 Å². The number of hydrogen-bond donors (Lipinski definition) is 1. The van der Waals surface area contributed by atoms with Gasteiger partial charge in [-0.3, -0.25) is 9.59 Å². The van der Waals surface area contributed by atoms with E-state index in [1.807, 2.05) is 13.0 Å². The third-order valence-electron chi connectivity index (χ3n) is 8.57. The second kappa shape index (κ2) is 5.56. The quantitative estimate of drug-likeness (QED) is 0.722. The van der Waals surface area contributed by atoms with Crippen molar-refractivity contribution < 1.29 is 9.59 Å². The topological polar surface area (TPSA) is 60.2 Å². The molecule has 0 aromatic rings. The number of primary amides is 1. The van der Waals surface area contributed by atoms with Crippen LogP contribution >= 0.6 is 0 Å². The lowest BCUT2D eigenvalue weighted by Crippen LogP contribution is -2.49. The van der Waals surface area contributed by atoms with E-state index in [1.54, 1.807) is 0 Å². The van der Waals surface area contributed by atoms with Crippen LogP contribution in [0.15, 0.2) is 22.8 Å². The van der Waals surface area contributed by atoms with Crippen LogP contribution < -0.4 is 5.73 Å². The van der Waals surface area contributed by atoms with Gasteiger partial charge in [0, 0.05) is 12.0 Å². The molecule has 0 aliphatic heterocycles. The Labute approximate surface area is 151 Å². The highest BCUT2D eigenvalue weighted by molar-refractivity contribution is 5.92. The molecule has 0 unspecified atom stereocenters. The van der Waals surface area contributed by atoms with Crippen molar-refractivity contribution in [2.75, 3.05) is 0 Å². The Bertz CT molecular complexity index is 703. The van der Waals surface area contributed by atoms with Gasteiger partial charge in [-0.15, -0.1) is 0 Å². The van der Waals surface area contributed by atoms with Crippen molar-refractivity contribution in [2.24, 2.45) is 34.3 Å². The molecule has 3 fully saturated rings. The third-order valence-corrected chi connectivity index (χ3v) is 8.57. The largest absolute Gasteiger partial charge is 0.366 e. The van der Waals surface area contributed by atoms with Gasteiger partial charge in [0.25, 0.3) is 0 Å². The van der Waals surface area contributed by atoms with Crippen LogP contribution in [-0.4, -0.2) is 11.7 Å². The zero-order chi connectivity index (χ0) is 18.0. The summed E-state index contributed by atoms with van der Waals surface area (Å²) in [7, 11) is 0. The van der Waals surface area contributed by atoms with Gasteiger partial charge in [0.2, 0.25) is 5.91 Å². The van der Waals surface area contributed by atoms with Crippen LogP contribution in [0.2, 0.25) is 0 Å². The van der Waals surface area contributed by atoms with Crippen molar-refractivity contribution in [2.45, 2.75) is 72.1 Å². The molecule has 0 spiro atoms. The minimum absolute atomic E-state index is 0.155. The first-order valence-electron chi connectivity index (χ1n) is 10.0. The number of carbonyl (C=O) groups excluding carboxylic acids is 2. The average molecular weight is 341 g/mol. The molecule has 136 valence electrons. The number of amides is 1. The molecular weight excluding hydrogens is 310 g/mol. The van der Waals surface area contributed by atoms with Gasteiger partial charge in [-0.1, -0.05) is 25.0 Å². The molecule has 4 aliphatic carbocycles. The molecule has 0 bridgehead atoms. The molecule has 3 heteroatoms. The van der Waals surface area contributed by atoms with Gasteiger partial charge >= 0.3 is 0 Å². The van der Waals surface area contributed by atoms with Gasteiger partial charge in [0.05, 0.1) is 0 Å². The number of ketones is 1. The maximum absolute atomic E-state index is 11.9. The Morgan fingerprint density at radius 3 is 2.48 bits per heavy atom. The molecule has 2 N–H and O–H groups in total. The SMILES string of the molecule is C/C(C(N)=O)=C1\CC[C@H]2[C@@H]3CCC4=CC(=O)CC[C@]4(C)[C@H]3CC[C@]12C. The maximum Gasteiger partial charge on any atom is 0.244 e. The van der Waals surface area contributed by atoms with Crippen molar-refractivity contribution >= 4 is 11.7 Å². The second-order valence-electron chi connectivity index (χ2n) is 9.43. The third kappa shape index (κ3) is 2.30. The molecule has 0 radical (unpaired) electrons. The Hall–Kier alpha value is -1.38. The lowest BCUT2D eigenvalue weighted by atomic mass is 9.47. The van der Waals surface area contributed by atoms with E-state index in [-0.39, 0.29) is 16.7 Å². The van der Waals surface area contributed by atoms with Crippen LogP contribution in [0.25, 0.3) is 0 Å². The average Bonchev–Trinajstić information content (AvgIpc) is 2.92. The van der Waals surface area contributed by atoms with Crippen molar-refractivity contribution in [1.29, 1.82) is 0 Å². The first kappa shape index (κ1) is 17.1. The zero-order valence-electron chi connectivity index (χ0n) is 15.9. The number of fused-ring (bicyclic) bond motifs is 5. The van der Waals surface area contributed by atoms with Crippen LogP contribution in [0.5, 0.6) is 0 Å². The zero-order valence-corrected chi connectivity index (χ0v) is 15.9. The van der Waals surface area contributed by atoms with Gasteiger partial charge in [0.15, 0.2) is 5.78 Å². The van der Waals surface area contributed by atoms with Crippen molar-refractivity contribution in [3.63, 3.8) is 0 Å². The van der Waals surface area contributed by atoms with Gasteiger partial charge in [-0.2, -0.15) is 0 Å². The molecule has 5 atom stereocenters. The van der Waals surface area contributed by atoms with E-state index < -0.39 is 0 Å². The summed E-state index contributed by atoms with van der Waals surface area (Å²) in [6.45, 7) is 6.74. The van der Waals surface area contributed by atoms with Gasteiger partial charge < -0.3 is 5.73 Å². The highest BCUT2D eigenvalue weighted by Gasteiger charge is 2.57. The summed E-state index contributed by atoms with van der Waals surface area (Å²) in [6.07, 6.45) is 10.6. The fraction of sp³-hybridized carbons (Fsp3) is 0.727. The fourth-order valence-electron chi connectivity index (χ4n) is 7.14. The maximum atomic E-state index is 11.9. The van der Waals surface area contributed by atoms with E-state index in [0.29, 0.717) is 17.6 Å². The van der Waals surface area contributed by atoms with E-state index in [2.05, 4.69) is 13.8 Å². The molecule has 3 nitrogen and oxygen atoms in total. The molecule has 0 aromatic carbocycles. The van der Waals surface area contributed by atoms with E-state index in [4.69, 9.17) is 5.73 Å². The van der Waals surface area contributed by atoms with Gasteiger partial charge in [0.1, 0.15) is 0 Å². The van der Waals surface area contributed by atoms with Crippen LogP contribution in [0.1, 0.15) is 72.1 Å². The van der Waals surface area contributed by atoms with E-state index >= 15 is 0 Å². The lowest BCUT2D eigenvalue weighted by Gasteiger charge is -2.57. The molecule has 0 heterocycles. The van der Waals surface area contributed by atoms with Crippen molar-refractivity contribution in [3.8, 4) is 0 Å². The van der Waals surface area contributed by atoms with Crippen molar-refractivity contribution in [1.82, 2.24) is 0 Å². The molecule has 4 aliphatic rings. The monoisotopic (exact) mass is 341 g/mol. The second-order valence-corrected chi connectivity index (χ2v) is 9.43. The Kier molecular flexibility index (Phi) is 3.79. The molecule has 0 saturated heterocycles. The minimum Gasteiger partial charge on any atom is -0.366 e. The van der Waals surface area contributed by atoms with Crippen LogP contribution in [-0.2, 0) is 9.59 Å². The van der Waals surface area contributed by atoms with Crippen LogP contribution in [0, 0.1) is 28.6 Å². The molecule has 3 saturated carbocycles. The Balaban J connectivity index is 1.69. The number of hydrogen-bond acceptors (Lipinski definition) is 2. The summed E-state index contributed by atoms with van der Waals surface area (Å²) >= 11 is 0. The highest BCUT2D eigenvalue weighted by atomic mass is 16.1. The number of rotatable bonds is 1. The first-order valence-corrected chi connectivity index (χ1v) is 10.0. The summed E-state index contributed by atoms with van der Waals surface area (Å²) in [4.78, 5) is 23.7. The summed E-state index contributed by atoms with van der Waals surface area (Å²) in [5, 5.41) is 0. The normalized spacial score (nSPS) is 45.2. The molecule has 0 aromatic heterocycles. The highest BCUT2D eigenvalue weighted by Crippen LogP contribution is 2.66. The number of carbonyl (C=O) groups is 2. The standard InChI is InChI=1S/C22H31NO2/c1-13(20(23)25)17-6-7-18-16-5-4-14-12-15(24)8-10-21(14,2)19(16)9-11-22(17,18)3/h12,16,18-19H,4-11H2,1-3H3,(H2,23,25)/b17-13-/t16-,18-,19-,21-,22+/m0/s1. The predicted molar refractivity (Wildman–Crippen MR) is 98.6 cm³/mol. The number of nitrogens with two attached hydrogens (primary N) is 1. The van der Waals surface area contributed by atoms with E-state index in [1.165, 1.54) is 30.4 Å². The Morgan fingerprint density at radius 1 is 1.04 bits per heavy atom. The summed E-state index contributed by atoms with van der Waals surface area (Å²) in [6, 6.07) is 0. The molecular formula is C22H31NO2. The van der Waals surface area contributed by atoms with Crippen molar-refractivity contribution in [3.05, 3.63) is 22.8 Å². The summed E-state index contributed by atoms with van der Waals surface area (Å²) in [5.41, 5.74) is 9.58. The Morgan fingerprint density at radius 2 is 1.76 bits per heavy atom. The van der Waals surface area contributed by atoms with Gasteiger partial charge in [-0.25, -0.2) is 0 Å². The summed E-state index contributed by atoms with van der Waals surface area (Å²) < 4.78 is 0. The lowest BCUT2D eigenvalue weighted by molar-refractivity contribution is -0.117. The van der Waals surface area contributed by atoms with E-state index in [9.17, 15) is 9.59 Å². The van der Waals surface area contributed by atoms with Crippen LogP contribution in [0.3, 0.4) is 0 Å². The van der Waals surface area contributed by atoms with Gasteiger partial charge in [-0.05, 0) is 86.5 Å². The first-order chi connectivity index (χ1) is 11.8. The minimum atomic E-state index is -0.245. The smallest absolute Gasteiger partial charge is 0.244 e. The molecule has 4 rings (SSSR count). The molecule has 1 amide bonds. The molecule has 25 heavy (non-hydrogen) atoms. The number of allylic oxidation sites excluding steroid dienone is 2. The predicted octanol–water partition coefficient (Wildman–Crippen LogP) is 4.32. The van der Waals surface area contributed by atoms with E-state index in [0.717, 1.165) is 43.6 Å². The fourth-order valence-corrected chi connectivity index (χ4v) is 7.14. The summed E-state index contributed by atoms with van der Waals surface area (Å²) in [5.74, 6) is 2.19.